The minimum atomic E-state index is -0.361. The SMILES string of the molecule is O=C(NCCc1ccccc1)c1cnn(-c2cccc(F)c2)c1-n1cccc1. The van der Waals surface area contributed by atoms with Crippen molar-refractivity contribution in [3.05, 3.63) is 102 Å². The molecule has 2 aromatic carbocycles. The second-order valence-electron chi connectivity index (χ2n) is 6.36. The zero-order chi connectivity index (χ0) is 19.3. The molecule has 4 rings (SSSR count). The maximum atomic E-state index is 13.7. The van der Waals surface area contributed by atoms with Crippen LogP contribution < -0.4 is 5.32 Å². The fourth-order valence-corrected chi connectivity index (χ4v) is 3.08. The fourth-order valence-electron chi connectivity index (χ4n) is 3.08. The monoisotopic (exact) mass is 374 g/mol. The van der Waals surface area contributed by atoms with Gasteiger partial charge >= 0.3 is 0 Å². The number of carbonyl (C=O) groups is 1. The molecule has 1 amide bonds. The summed E-state index contributed by atoms with van der Waals surface area (Å²) in [6, 6.07) is 19.8. The average molecular weight is 374 g/mol. The second kappa shape index (κ2) is 7.92. The number of nitrogens with one attached hydrogen (secondary N) is 1. The van der Waals surface area contributed by atoms with Gasteiger partial charge in [-0.1, -0.05) is 36.4 Å². The van der Waals surface area contributed by atoms with E-state index in [9.17, 15) is 9.18 Å². The Morgan fingerprint density at radius 3 is 2.54 bits per heavy atom. The third-order valence-corrected chi connectivity index (χ3v) is 4.43. The van der Waals surface area contributed by atoms with E-state index in [-0.39, 0.29) is 11.7 Å². The van der Waals surface area contributed by atoms with Gasteiger partial charge < -0.3 is 9.88 Å². The number of amides is 1. The number of carbonyl (C=O) groups excluding carboxylic acids is 1. The molecule has 0 radical (unpaired) electrons. The summed E-state index contributed by atoms with van der Waals surface area (Å²) in [6.07, 6.45) is 5.91. The fraction of sp³-hybridized carbons (Fsp3) is 0.0909. The molecule has 1 N–H and O–H groups in total. The van der Waals surface area contributed by atoms with Gasteiger partial charge in [0.1, 0.15) is 11.4 Å². The van der Waals surface area contributed by atoms with Crippen LogP contribution in [0.2, 0.25) is 0 Å². The first kappa shape index (κ1) is 17.7. The Bertz CT molecular complexity index is 1070. The van der Waals surface area contributed by atoms with Gasteiger partial charge in [0.25, 0.3) is 5.91 Å². The molecule has 0 fully saturated rings. The van der Waals surface area contributed by atoms with Crippen molar-refractivity contribution in [2.45, 2.75) is 6.42 Å². The van der Waals surface area contributed by atoms with Crippen molar-refractivity contribution in [2.75, 3.05) is 6.54 Å². The van der Waals surface area contributed by atoms with Gasteiger partial charge in [0, 0.05) is 18.9 Å². The predicted molar refractivity (Wildman–Crippen MR) is 105 cm³/mol. The van der Waals surface area contributed by atoms with E-state index in [2.05, 4.69) is 10.4 Å². The molecular weight excluding hydrogens is 355 g/mol. The largest absolute Gasteiger partial charge is 0.352 e. The Kier molecular flexibility index (Phi) is 5.01. The summed E-state index contributed by atoms with van der Waals surface area (Å²) < 4.78 is 17.1. The van der Waals surface area contributed by atoms with Gasteiger partial charge in [-0.3, -0.25) is 4.79 Å². The number of aromatic nitrogens is 3. The summed E-state index contributed by atoms with van der Waals surface area (Å²) in [6.45, 7) is 0.513. The van der Waals surface area contributed by atoms with Crippen molar-refractivity contribution < 1.29 is 9.18 Å². The first-order valence-electron chi connectivity index (χ1n) is 9.02. The molecule has 0 spiro atoms. The highest BCUT2D eigenvalue weighted by molar-refractivity contribution is 5.97. The normalized spacial score (nSPS) is 10.8. The third-order valence-electron chi connectivity index (χ3n) is 4.43. The summed E-state index contributed by atoms with van der Waals surface area (Å²) >= 11 is 0. The summed E-state index contributed by atoms with van der Waals surface area (Å²) in [5.41, 5.74) is 2.13. The summed E-state index contributed by atoms with van der Waals surface area (Å²) in [7, 11) is 0. The molecule has 2 aromatic heterocycles. The van der Waals surface area contributed by atoms with Crippen LogP contribution in [0.15, 0.2) is 85.3 Å². The molecule has 5 nitrogen and oxygen atoms in total. The Hall–Kier alpha value is -3.67. The Morgan fingerprint density at radius 1 is 1.00 bits per heavy atom. The molecule has 0 atom stereocenters. The maximum absolute atomic E-state index is 13.7. The lowest BCUT2D eigenvalue weighted by Crippen LogP contribution is -2.26. The zero-order valence-corrected chi connectivity index (χ0v) is 15.1. The van der Waals surface area contributed by atoms with Crippen LogP contribution >= 0.6 is 0 Å². The van der Waals surface area contributed by atoms with Crippen molar-refractivity contribution >= 4 is 5.91 Å². The molecule has 0 aliphatic heterocycles. The van der Waals surface area contributed by atoms with Gasteiger partial charge in [0.05, 0.1) is 11.9 Å². The van der Waals surface area contributed by atoms with Gasteiger partial charge in [0.15, 0.2) is 5.82 Å². The zero-order valence-electron chi connectivity index (χ0n) is 15.1. The van der Waals surface area contributed by atoms with Crippen molar-refractivity contribution in [1.82, 2.24) is 19.7 Å². The van der Waals surface area contributed by atoms with Crippen molar-refractivity contribution in [3.8, 4) is 11.5 Å². The number of hydrogen-bond acceptors (Lipinski definition) is 2. The molecule has 0 unspecified atom stereocenters. The van der Waals surface area contributed by atoms with Crippen LogP contribution in [0.4, 0.5) is 4.39 Å². The lowest BCUT2D eigenvalue weighted by atomic mass is 10.1. The van der Waals surface area contributed by atoms with Crippen molar-refractivity contribution in [1.29, 1.82) is 0 Å². The molecular formula is C22H19FN4O. The standard InChI is InChI=1S/C22H19FN4O/c23-18-9-6-10-19(15-18)27-22(26-13-4-5-14-26)20(16-25-27)21(28)24-12-11-17-7-2-1-3-8-17/h1-10,13-16H,11-12H2,(H,24,28). The van der Waals surface area contributed by atoms with Crippen molar-refractivity contribution in [2.24, 2.45) is 0 Å². The van der Waals surface area contributed by atoms with Gasteiger partial charge in [-0.2, -0.15) is 5.10 Å². The smallest absolute Gasteiger partial charge is 0.256 e. The lowest BCUT2D eigenvalue weighted by molar-refractivity contribution is 0.0954. The van der Waals surface area contributed by atoms with E-state index in [1.807, 2.05) is 54.9 Å². The molecule has 2 heterocycles. The minimum absolute atomic E-state index is 0.220. The molecule has 0 saturated carbocycles. The summed E-state index contributed by atoms with van der Waals surface area (Å²) in [5.74, 6) is -0.0181. The van der Waals surface area contributed by atoms with Gasteiger partial charge in [0.2, 0.25) is 0 Å². The molecule has 0 aliphatic rings. The van der Waals surface area contributed by atoms with Crippen LogP contribution in [0, 0.1) is 5.82 Å². The molecule has 6 heteroatoms. The molecule has 4 aromatic rings. The summed E-state index contributed by atoms with van der Waals surface area (Å²) in [5, 5.41) is 7.29. The molecule has 0 aliphatic carbocycles. The number of halogens is 1. The van der Waals surface area contributed by atoms with Crippen LogP contribution in [0.5, 0.6) is 0 Å². The minimum Gasteiger partial charge on any atom is -0.352 e. The highest BCUT2D eigenvalue weighted by Gasteiger charge is 2.19. The highest BCUT2D eigenvalue weighted by atomic mass is 19.1. The molecule has 28 heavy (non-hydrogen) atoms. The van der Waals surface area contributed by atoms with E-state index in [4.69, 9.17) is 0 Å². The van der Waals surface area contributed by atoms with E-state index in [1.165, 1.54) is 18.3 Å². The predicted octanol–water partition coefficient (Wildman–Crippen LogP) is 3.77. The van der Waals surface area contributed by atoms with Crippen LogP contribution in [-0.4, -0.2) is 26.8 Å². The third kappa shape index (κ3) is 3.71. The molecule has 0 saturated heterocycles. The van der Waals surface area contributed by atoms with Crippen LogP contribution in [0.1, 0.15) is 15.9 Å². The summed E-state index contributed by atoms with van der Waals surface area (Å²) in [4.78, 5) is 12.8. The topological polar surface area (TPSA) is 51.9 Å². The van der Waals surface area contributed by atoms with E-state index < -0.39 is 0 Å². The highest BCUT2D eigenvalue weighted by Crippen LogP contribution is 2.20. The van der Waals surface area contributed by atoms with E-state index in [1.54, 1.807) is 21.4 Å². The average Bonchev–Trinajstić information content (AvgIpc) is 3.38. The van der Waals surface area contributed by atoms with Crippen LogP contribution in [0.25, 0.3) is 11.5 Å². The number of nitrogens with zero attached hydrogens (tertiary/aromatic N) is 3. The van der Waals surface area contributed by atoms with Crippen molar-refractivity contribution in [3.63, 3.8) is 0 Å². The second-order valence-corrected chi connectivity index (χ2v) is 6.36. The quantitative estimate of drug-likeness (QED) is 0.558. The lowest BCUT2D eigenvalue weighted by Gasteiger charge is -2.11. The number of hydrogen-bond donors (Lipinski definition) is 1. The number of rotatable bonds is 6. The first-order chi connectivity index (χ1) is 13.7. The Balaban J connectivity index is 1.61. The van der Waals surface area contributed by atoms with Crippen LogP contribution in [-0.2, 0) is 6.42 Å². The van der Waals surface area contributed by atoms with Crippen LogP contribution in [0.3, 0.4) is 0 Å². The van der Waals surface area contributed by atoms with E-state index >= 15 is 0 Å². The Labute approximate surface area is 162 Å². The Morgan fingerprint density at radius 2 is 1.79 bits per heavy atom. The van der Waals surface area contributed by atoms with E-state index in [0.717, 1.165) is 12.0 Å². The van der Waals surface area contributed by atoms with Gasteiger partial charge in [-0.05, 0) is 42.3 Å². The van der Waals surface area contributed by atoms with Gasteiger partial charge in [-0.15, -0.1) is 0 Å². The first-order valence-corrected chi connectivity index (χ1v) is 9.02. The molecule has 0 bridgehead atoms. The number of benzene rings is 2. The molecule has 140 valence electrons. The van der Waals surface area contributed by atoms with E-state index in [0.29, 0.717) is 23.6 Å². The van der Waals surface area contributed by atoms with Gasteiger partial charge in [-0.25, -0.2) is 9.07 Å². The maximum Gasteiger partial charge on any atom is 0.256 e.